The predicted molar refractivity (Wildman–Crippen MR) is 125 cm³/mol. The molecule has 3 rings (SSSR count). The van der Waals surface area contributed by atoms with Crippen molar-refractivity contribution in [3.63, 3.8) is 0 Å². The van der Waals surface area contributed by atoms with E-state index in [-0.39, 0.29) is 35.8 Å². The molecule has 0 amide bonds. The van der Waals surface area contributed by atoms with Gasteiger partial charge >= 0.3 is 0 Å². The van der Waals surface area contributed by atoms with Crippen molar-refractivity contribution < 1.29 is 4.39 Å². The topological polar surface area (TPSA) is 65.4 Å². The second-order valence-electron chi connectivity index (χ2n) is 6.63. The summed E-state index contributed by atoms with van der Waals surface area (Å²) in [7, 11) is 0. The lowest BCUT2D eigenvalue weighted by molar-refractivity contribution is 0.612. The van der Waals surface area contributed by atoms with Crippen LogP contribution in [-0.2, 0) is 6.42 Å². The lowest BCUT2D eigenvalue weighted by Crippen LogP contribution is -2.44. The van der Waals surface area contributed by atoms with Crippen LogP contribution < -0.4 is 15.5 Å². The van der Waals surface area contributed by atoms with Gasteiger partial charge < -0.3 is 15.5 Å². The molecular weight excluding hydrogens is 490 g/mol. The third kappa shape index (κ3) is 6.54. The number of guanidine groups is 1. The summed E-state index contributed by atoms with van der Waals surface area (Å²) in [4.78, 5) is 15.3. The van der Waals surface area contributed by atoms with Gasteiger partial charge in [0.25, 0.3) is 0 Å². The molecule has 1 atom stereocenters. The summed E-state index contributed by atoms with van der Waals surface area (Å²) in [5, 5.41) is 10.0. The molecule has 1 unspecified atom stereocenters. The van der Waals surface area contributed by atoms with Crippen molar-refractivity contribution >= 4 is 47.1 Å². The first-order valence-electron chi connectivity index (χ1n) is 9.47. The van der Waals surface area contributed by atoms with E-state index in [0.29, 0.717) is 5.82 Å². The molecule has 2 N–H and O–H groups in total. The highest BCUT2D eigenvalue weighted by Crippen LogP contribution is 2.20. The second-order valence-corrected chi connectivity index (χ2v) is 7.57. The Labute approximate surface area is 187 Å². The molecule has 1 aliphatic heterocycles. The monoisotopic (exact) mass is 518 g/mol. The number of aromatic nitrogens is 2. The van der Waals surface area contributed by atoms with Gasteiger partial charge in [0.05, 0.1) is 5.01 Å². The Kier molecular flexibility index (Phi) is 9.36. The molecule has 2 aromatic rings. The number of thiazole rings is 1. The molecule has 154 valence electrons. The molecule has 1 fully saturated rings. The van der Waals surface area contributed by atoms with Crippen LogP contribution in [0, 0.1) is 12.7 Å². The largest absolute Gasteiger partial charge is 0.357 e. The Hall–Kier alpha value is -1.49. The van der Waals surface area contributed by atoms with Crippen molar-refractivity contribution in [2.24, 2.45) is 4.99 Å². The molecular formula is C19H28FIN6S. The van der Waals surface area contributed by atoms with Crippen molar-refractivity contribution in [3.05, 3.63) is 40.2 Å². The minimum atomic E-state index is -0.267. The number of halogens is 2. The van der Waals surface area contributed by atoms with E-state index in [4.69, 9.17) is 0 Å². The molecule has 1 aliphatic rings. The van der Waals surface area contributed by atoms with E-state index >= 15 is 0 Å². The Balaban J connectivity index is 0.00000280. The maximum absolute atomic E-state index is 13.9. The normalized spacial score (nSPS) is 16.8. The number of pyridine rings is 1. The van der Waals surface area contributed by atoms with Gasteiger partial charge in [0.2, 0.25) is 0 Å². The lowest BCUT2D eigenvalue weighted by atomic mass is 10.3. The van der Waals surface area contributed by atoms with Crippen LogP contribution in [0.3, 0.4) is 0 Å². The van der Waals surface area contributed by atoms with Crippen LogP contribution in [0.1, 0.15) is 30.5 Å². The molecule has 1 saturated heterocycles. The summed E-state index contributed by atoms with van der Waals surface area (Å²) in [6.45, 7) is 7.14. The minimum Gasteiger partial charge on any atom is -0.357 e. The quantitative estimate of drug-likeness (QED) is 0.255. The molecule has 0 radical (unpaired) electrons. The number of aryl methyl sites for hydroxylation is 2. The standard InChI is InChI=1S/C19H27FN6S.HI/c1-3-21-19(23-10-5-7-17-24-14(2)13-27-17)25-15-8-11-26(12-15)18-16(20)6-4-9-22-18;/h4,6,9,13,15H,3,5,7-8,10-12H2,1-2H3,(H2,21,23,25);1H. The van der Waals surface area contributed by atoms with Gasteiger partial charge in [0.15, 0.2) is 17.6 Å². The van der Waals surface area contributed by atoms with Crippen LogP contribution in [0.15, 0.2) is 28.7 Å². The molecule has 0 aliphatic carbocycles. The van der Waals surface area contributed by atoms with Crippen molar-refractivity contribution in [3.8, 4) is 0 Å². The number of aliphatic imine (C=N–C) groups is 1. The van der Waals surface area contributed by atoms with E-state index in [1.807, 2.05) is 11.8 Å². The van der Waals surface area contributed by atoms with Gasteiger partial charge in [-0.3, -0.25) is 4.99 Å². The first-order chi connectivity index (χ1) is 13.2. The lowest BCUT2D eigenvalue weighted by Gasteiger charge is -2.19. The van der Waals surface area contributed by atoms with E-state index in [2.05, 4.69) is 37.9 Å². The third-order valence-electron chi connectivity index (χ3n) is 4.40. The Morgan fingerprint density at radius 2 is 2.32 bits per heavy atom. The molecule has 2 aromatic heterocycles. The van der Waals surface area contributed by atoms with Crippen LogP contribution in [0.2, 0.25) is 0 Å². The third-order valence-corrected chi connectivity index (χ3v) is 5.42. The van der Waals surface area contributed by atoms with Crippen LogP contribution in [0.4, 0.5) is 10.2 Å². The molecule has 3 heterocycles. The van der Waals surface area contributed by atoms with Gasteiger partial charge in [-0.1, -0.05) is 0 Å². The molecule has 6 nitrogen and oxygen atoms in total. The molecule has 0 aromatic carbocycles. The van der Waals surface area contributed by atoms with Crippen LogP contribution in [-0.4, -0.2) is 48.1 Å². The zero-order chi connectivity index (χ0) is 19.1. The van der Waals surface area contributed by atoms with E-state index in [1.165, 1.54) is 11.1 Å². The smallest absolute Gasteiger partial charge is 0.191 e. The molecule has 28 heavy (non-hydrogen) atoms. The Morgan fingerprint density at radius 3 is 3.04 bits per heavy atom. The maximum Gasteiger partial charge on any atom is 0.191 e. The van der Waals surface area contributed by atoms with Crippen molar-refractivity contribution in [2.75, 3.05) is 31.1 Å². The van der Waals surface area contributed by atoms with E-state index in [9.17, 15) is 4.39 Å². The first-order valence-corrected chi connectivity index (χ1v) is 10.3. The van der Waals surface area contributed by atoms with Crippen LogP contribution >= 0.6 is 35.3 Å². The fourth-order valence-corrected chi connectivity index (χ4v) is 3.95. The van der Waals surface area contributed by atoms with Gasteiger partial charge in [-0.05, 0) is 38.8 Å². The SMILES string of the molecule is CCNC(=NCCCc1nc(C)cs1)NC1CCN(c2ncccc2F)C1.I. The number of nitrogens with one attached hydrogen (secondary N) is 2. The highest BCUT2D eigenvalue weighted by molar-refractivity contribution is 14.0. The number of hydrogen-bond acceptors (Lipinski definition) is 5. The summed E-state index contributed by atoms with van der Waals surface area (Å²) in [5.41, 5.74) is 1.09. The average Bonchev–Trinajstić information content (AvgIpc) is 3.28. The van der Waals surface area contributed by atoms with Crippen LogP contribution in [0.5, 0.6) is 0 Å². The molecule has 0 spiro atoms. The average molecular weight is 518 g/mol. The van der Waals surface area contributed by atoms with Gasteiger partial charge in [0, 0.05) is 55.9 Å². The van der Waals surface area contributed by atoms with Gasteiger partial charge in [-0.15, -0.1) is 35.3 Å². The fourth-order valence-electron chi connectivity index (χ4n) is 3.13. The van der Waals surface area contributed by atoms with Gasteiger partial charge in [-0.2, -0.15) is 0 Å². The maximum atomic E-state index is 13.9. The van der Waals surface area contributed by atoms with E-state index in [0.717, 1.165) is 57.1 Å². The number of anilines is 1. The molecule has 0 saturated carbocycles. The van der Waals surface area contributed by atoms with Crippen molar-refractivity contribution in [2.45, 2.75) is 39.2 Å². The summed E-state index contributed by atoms with van der Waals surface area (Å²) >= 11 is 1.71. The predicted octanol–water partition coefficient (Wildman–Crippen LogP) is 3.37. The highest BCUT2D eigenvalue weighted by Gasteiger charge is 2.25. The summed E-state index contributed by atoms with van der Waals surface area (Å²) in [5.74, 6) is 0.986. The fraction of sp³-hybridized carbons (Fsp3) is 0.526. The number of hydrogen-bond donors (Lipinski definition) is 2. The molecule has 9 heteroatoms. The minimum absolute atomic E-state index is 0. The number of rotatable bonds is 7. The second kappa shape index (κ2) is 11.5. The Morgan fingerprint density at radius 1 is 1.46 bits per heavy atom. The first kappa shape index (κ1) is 22.8. The summed E-state index contributed by atoms with van der Waals surface area (Å²) in [6, 6.07) is 3.30. The van der Waals surface area contributed by atoms with Gasteiger partial charge in [0.1, 0.15) is 0 Å². The van der Waals surface area contributed by atoms with E-state index in [1.54, 1.807) is 23.6 Å². The van der Waals surface area contributed by atoms with E-state index < -0.39 is 0 Å². The van der Waals surface area contributed by atoms with Crippen molar-refractivity contribution in [1.29, 1.82) is 0 Å². The molecule has 0 bridgehead atoms. The zero-order valence-electron chi connectivity index (χ0n) is 16.3. The Bertz CT molecular complexity index is 768. The zero-order valence-corrected chi connectivity index (χ0v) is 19.5. The van der Waals surface area contributed by atoms with Crippen LogP contribution in [0.25, 0.3) is 0 Å². The number of nitrogens with zero attached hydrogens (tertiary/aromatic N) is 4. The summed E-state index contributed by atoms with van der Waals surface area (Å²) in [6.07, 6.45) is 4.49. The van der Waals surface area contributed by atoms with Gasteiger partial charge in [-0.25, -0.2) is 14.4 Å². The summed E-state index contributed by atoms with van der Waals surface area (Å²) < 4.78 is 13.9. The highest BCUT2D eigenvalue weighted by atomic mass is 127. The van der Waals surface area contributed by atoms with Crippen molar-refractivity contribution in [1.82, 2.24) is 20.6 Å².